The van der Waals surface area contributed by atoms with Crippen molar-refractivity contribution in [1.29, 1.82) is 0 Å². The Bertz CT molecular complexity index is 767. The average Bonchev–Trinajstić information content (AvgIpc) is 2.88. The molecule has 0 spiro atoms. The highest BCUT2D eigenvalue weighted by molar-refractivity contribution is 7.08. The lowest BCUT2D eigenvalue weighted by Gasteiger charge is -2.31. The fourth-order valence-electron chi connectivity index (χ4n) is 5.18. The number of carbonyl (C=O) groups is 2. The molecule has 3 aliphatic carbocycles. The minimum Gasteiger partial charge on any atom is -0.389 e. The Morgan fingerprint density at radius 1 is 1.26 bits per heavy atom. The van der Waals surface area contributed by atoms with Gasteiger partial charge in [0.1, 0.15) is 0 Å². The molecule has 118 valence electrons. The summed E-state index contributed by atoms with van der Waals surface area (Å²) in [5.74, 6) is 0.344. The molecule has 1 aliphatic heterocycles. The van der Waals surface area contributed by atoms with Gasteiger partial charge in [-0.05, 0) is 71.9 Å². The summed E-state index contributed by atoms with van der Waals surface area (Å²) in [5, 5.41) is 4.29. The van der Waals surface area contributed by atoms with Gasteiger partial charge in [-0.3, -0.25) is 4.79 Å². The van der Waals surface area contributed by atoms with Gasteiger partial charge in [0, 0.05) is 11.0 Å². The Hall–Kier alpha value is -1.68. The summed E-state index contributed by atoms with van der Waals surface area (Å²) in [5.41, 5.74) is 4.78. The number of esters is 2. The highest BCUT2D eigenvalue weighted by Gasteiger charge is 2.61. The SMILES string of the molecule is O=C1CC(=C2C3CCC2(C2CC2)C(=Cc2ccsc2)C3)C(=O)O1. The van der Waals surface area contributed by atoms with Gasteiger partial charge in [0.05, 0.1) is 6.42 Å². The van der Waals surface area contributed by atoms with E-state index in [1.807, 2.05) is 0 Å². The van der Waals surface area contributed by atoms with Crippen LogP contribution >= 0.6 is 11.3 Å². The number of carbonyl (C=O) groups excluding carboxylic acids is 2. The van der Waals surface area contributed by atoms with E-state index in [0.29, 0.717) is 17.4 Å². The maximum absolute atomic E-state index is 12.2. The van der Waals surface area contributed by atoms with Crippen LogP contribution in [0, 0.1) is 17.3 Å². The Balaban J connectivity index is 1.67. The fraction of sp³-hybridized carbons (Fsp3) is 0.474. The molecule has 1 aromatic heterocycles. The molecule has 0 aromatic carbocycles. The van der Waals surface area contributed by atoms with Gasteiger partial charge in [-0.2, -0.15) is 11.3 Å². The van der Waals surface area contributed by atoms with Crippen LogP contribution in [0.3, 0.4) is 0 Å². The van der Waals surface area contributed by atoms with Crippen LogP contribution in [0.2, 0.25) is 0 Å². The first-order valence-electron chi connectivity index (χ1n) is 8.40. The zero-order chi connectivity index (χ0) is 15.6. The summed E-state index contributed by atoms with van der Waals surface area (Å²) in [6.07, 6.45) is 8.35. The molecule has 4 heteroatoms. The molecule has 0 radical (unpaired) electrons. The lowest BCUT2D eigenvalue weighted by molar-refractivity contribution is -0.151. The van der Waals surface area contributed by atoms with Crippen LogP contribution in [0.25, 0.3) is 6.08 Å². The number of cyclic esters (lactones) is 2. The fourth-order valence-corrected chi connectivity index (χ4v) is 5.80. The summed E-state index contributed by atoms with van der Waals surface area (Å²) >= 11 is 1.72. The Labute approximate surface area is 139 Å². The highest BCUT2D eigenvalue weighted by atomic mass is 32.1. The van der Waals surface area contributed by atoms with E-state index < -0.39 is 0 Å². The van der Waals surface area contributed by atoms with Crippen LogP contribution in [0.1, 0.15) is 44.1 Å². The highest BCUT2D eigenvalue weighted by Crippen LogP contribution is 2.70. The molecule has 5 rings (SSSR count). The van der Waals surface area contributed by atoms with E-state index in [1.54, 1.807) is 11.3 Å². The number of hydrogen-bond acceptors (Lipinski definition) is 4. The van der Waals surface area contributed by atoms with Crippen molar-refractivity contribution in [1.82, 2.24) is 0 Å². The molecule has 4 aliphatic rings. The molecule has 2 heterocycles. The number of hydrogen-bond donors (Lipinski definition) is 0. The first kappa shape index (κ1) is 13.7. The monoisotopic (exact) mass is 326 g/mol. The van der Waals surface area contributed by atoms with Crippen molar-refractivity contribution < 1.29 is 14.3 Å². The molecule has 0 N–H and O–H groups in total. The van der Waals surface area contributed by atoms with E-state index in [-0.39, 0.29) is 23.8 Å². The molecule has 23 heavy (non-hydrogen) atoms. The summed E-state index contributed by atoms with van der Waals surface area (Å²) in [6, 6.07) is 2.16. The Morgan fingerprint density at radius 2 is 2.13 bits per heavy atom. The van der Waals surface area contributed by atoms with Crippen LogP contribution in [0.4, 0.5) is 0 Å². The standard InChI is InChI=1S/C19H18O3S/c20-16-9-15(18(21)22-16)17-12-3-5-19(17,13-1-2-13)14(8-12)7-11-4-6-23-10-11/h4,6-7,10,12-13H,1-3,5,8-9H2. The number of ether oxygens (including phenoxy) is 1. The van der Waals surface area contributed by atoms with Gasteiger partial charge < -0.3 is 4.74 Å². The van der Waals surface area contributed by atoms with Gasteiger partial charge in [-0.1, -0.05) is 11.6 Å². The normalized spacial score (nSPS) is 37.9. The second kappa shape index (κ2) is 4.67. The third kappa shape index (κ3) is 1.87. The third-order valence-corrected chi connectivity index (χ3v) is 6.77. The topological polar surface area (TPSA) is 43.4 Å². The van der Waals surface area contributed by atoms with Crippen LogP contribution in [0.5, 0.6) is 0 Å². The second-order valence-electron chi connectivity index (χ2n) is 7.24. The van der Waals surface area contributed by atoms with Crippen molar-refractivity contribution in [3.63, 3.8) is 0 Å². The van der Waals surface area contributed by atoms with Gasteiger partial charge in [-0.15, -0.1) is 0 Å². The van der Waals surface area contributed by atoms with Crippen LogP contribution in [0.15, 0.2) is 33.5 Å². The van der Waals surface area contributed by atoms with E-state index >= 15 is 0 Å². The molecule has 2 bridgehead atoms. The minimum absolute atomic E-state index is 0.0472. The smallest absolute Gasteiger partial charge is 0.342 e. The molecule has 3 saturated carbocycles. The predicted octanol–water partition coefficient (Wildman–Crippen LogP) is 4.11. The van der Waals surface area contributed by atoms with Gasteiger partial charge in [-0.25, -0.2) is 4.79 Å². The van der Waals surface area contributed by atoms with Crippen LogP contribution in [-0.2, 0) is 14.3 Å². The van der Waals surface area contributed by atoms with E-state index in [0.717, 1.165) is 19.3 Å². The number of allylic oxidation sites excluding steroid dienone is 2. The first-order chi connectivity index (χ1) is 11.2. The molecular weight excluding hydrogens is 308 g/mol. The quantitative estimate of drug-likeness (QED) is 0.467. The van der Waals surface area contributed by atoms with Crippen molar-refractivity contribution in [2.24, 2.45) is 17.3 Å². The van der Waals surface area contributed by atoms with E-state index in [9.17, 15) is 9.59 Å². The molecule has 1 saturated heterocycles. The zero-order valence-electron chi connectivity index (χ0n) is 12.8. The van der Waals surface area contributed by atoms with Crippen molar-refractivity contribution >= 4 is 29.4 Å². The Kier molecular flexibility index (Phi) is 2.79. The van der Waals surface area contributed by atoms with Crippen molar-refractivity contribution in [3.05, 3.63) is 39.1 Å². The predicted molar refractivity (Wildman–Crippen MR) is 87.5 cm³/mol. The maximum atomic E-state index is 12.2. The molecule has 3 nitrogen and oxygen atoms in total. The summed E-state index contributed by atoms with van der Waals surface area (Å²) in [6.45, 7) is 0. The molecule has 1 aromatic rings. The molecule has 4 fully saturated rings. The summed E-state index contributed by atoms with van der Waals surface area (Å²) in [4.78, 5) is 23.8. The largest absolute Gasteiger partial charge is 0.389 e. The van der Waals surface area contributed by atoms with Crippen molar-refractivity contribution in [2.75, 3.05) is 0 Å². The maximum Gasteiger partial charge on any atom is 0.342 e. The minimum atomic E-state index is -0.377. The van der Waals surface area contributed by atoms with Crippen LogP contribution < -0.4 is 0 Å². The first-order valence-corrected chi connectivity index (χ1v) is 9.34. The second-order valence-corrected chi connectivity index (χ2v) is 8.02. The lowest BCUT2D eigenvalue weighted by atomic mass is 9.72. The number of thiophene rings is 1. The van der Waals surface area contributed by atoms with Gasteiger partial charge in [0.25, 0.3) is 0 Å². The van der Waals surface area contributed by atoms with Crippen molar-refractivity contribution in [3.8, 4) is 0 Å². The van der Waals surface area contributed by atoms with Gasteiger partial charge in [0.2, 0.25) is 0 Å². The van der Waals surface area contributed by atoms with E-state index in [4.69, 9.17) is 4.74 Å². The van der Waals surface area contributed by atoms with E-state index in [1.165, 1.54) is 29.6 Å². The Morgan fingerprint density at radius 3 is 2.78 bits per heavy atom. The van der Waals surface area contributed by atoms with Gasteiger partial charge >= 0.3 is 11.9 Å². The summed E-state index contributed by atoms with van der Waals surface area (Å²) < 4.78 is 4.84. The molecule has 2 unspecified atom stereocenters. The molecule has 2 atom stereocenters. The summed E-state index contributed by atoms with van der Waals surface area (Å²) in [7, 11) is 0. The molecule has 0 amide bonds. The van der Waals surface area contributed by atoms with E-state index in [2.05, 4.69) is 22.9 Å². The van der Waals surface area contributed by atoms with Gasteiger partial charge in [0.15, 0.2) is 0 Å². The third-order valence-electron chi connectivity index (χ3n) is 6.07. The average molecular weight is 326 g/mol. The zero-order valence-corrected chi connectivity index (χ0v) is 13.7. The molecular formula is C19H18O3S. The number of rotatable bonds is 2. The lowest BCUT2D eigenvalue weighted by Crippen LogP contribution is -2.23. The van der Waals surface area contributed by atoms with Crippen LogP contribution in [-0.4, -0.2) is 11.9 Å². The number of fused-ring (bicyclic) bond motifs is 2. The van der Waals surface area contributed by atoms with Crippen molar-refractivity contribution in [2.45, 2.75) is 38.5 Å².